The second-order valence-electron chi connectivity index (χ2n) is 7.16. The molecule has 4 N–H and O–H groups in total. The molecular formula is C22H23F3N4O3. The number of nitrogens with zero attached hydrogens (tertiary/aromatic N) is 2. The molecule has 170 valence electrons. The molecule has 2 aromatic carbocycles. The summed E-state index contributed by atoms with van der Waals surface area (Å²) in [5, 5.41) is 14.3. The van der Waals surface area contributed by atoms with E-state index in [1.165, 1.54) is 49.2 Å². The number of aliphatic hydroxyl groups is 1. The molecule has 0 radical (unpaired) electrons. The van der Waals surface area contributed by atoms with Crippen LogP contribution in [0.1, 0.15) is 16.7 Å². The Labute approximate surface area is 182 Å². The van der Waals surface area contributed by atoms with Crippen molar-refractivity contribution in [1.29, 1.82) is 0 Å². The number of halogens is 3. The molecule has 10 heteroatoms. The first kappa shape index (κ1) is 23.3. The van der Waals surface area contributed by atoms with Crippen LogP contribution < -0.4 is 11.1 Å². The lowest BCUT2D eigenvalue weighted by atomic mass is 9.84. The van der Waals surface area contributed by atoms with Gasteiger partial charge < -0.3 is 25.5 Å². The quantitative estimate of drug-likeness (QED) is 0.364. The van der Waals surface area contributed by atoms with E-state index in [-0.39, 0.29) is 18.7 Å². The second-order valence-corrected chi connectivity index (χ2v) is 7.16. The number of carbonyl (C=O) groups is 1. The fourth-order valence-corrected chi connectivity index (χ4v) is 3.65. The number of ether oxygens (including phenoxy) is 1. The molecule has 1 unspecified atom stereocenters. The van der Waals surface area contributed by atoms with Crippen molar-refractivity contribution in [3.05, 3.63) is 65.4 Å². The molecule has 7 nitrogen and oxygen atoms in total. The molecule has 1 aromatic heterocycles. The number of aliphatic imine (C=N–C) groups is 1. The first-order valence-electron chi connectivity index (χ1n) is 9.58. The van der Waals surface area contributed by atoms with Crippen LogP contribution in [0.2, 0.25) is 0 Å². The predicted octanol–water partition coefficient (Wildman–Crippen LogP) is 2.99. The van der Waals surface area contributed by atoms with E-state index in [9.17, 15) is 23.1 Å². The predicted molar refractivity (Wildman–Crippen MR) is 116 cm³/mol. The summed E-state index contributed by atoms with van der Waals surface area (Å²) in [6.45, 7) is -0.198. The number of rotatable bonds is 8. The first-order valence-corrected chi connectivity index (χ1v) is 9.58. The van der Waals surface area contributed by atoms with Crippen LogP contribution in [0.5, 0.6) is 0 Å². The monoisotopic (exact) mass is 448 g/mol. The van der Waals surface area contributed by atoms with E-state index in [0.29, 0.717) is 16.8 Å². The maximum Gasteiger partial charge on any atom is 0.425 e. The third kappa shape index (κ3) is 4.19. The minimum absolute atomic E-state index is 0.133. The lowest BCUT2D eigenvalue weighted by molar-refractivity contribution is -0.247. The summed E-state index contributed by atoms with van der Waals surface area (Å²) >= 11 is 0. The fourth-order valence-electron chi connectivity index (χ4n) is 3.65. The van der Waals surface area contributed by atoms with Gasteiger partial charge in [-0.25, -0.2) is 0 Å². The number of nitrogens with two attached hydrogens (primary N) is 1. The minimum atomic E-state index is -5.07. The number of nitrogens with one attached hydrogen (secondary N) is 1. The van der Waals surface area contributed by atoms with E-state index in [4.69, 9.17) is 10.5 Å². The molecule has 0 fully saturated rings. The van der Waals surface area contributed by atoms with Crippen LogP contribution in [0.25, 0.3) is 10.9 Å². The third-order valence-corrected chi connectivity index (χ3v) is 5.06. The maximum absolute atomic E-state index is 14.5. The molecule has 1 heterocycles. The number of benzene rings is 2. The van der Waals surface area contributed by atoms with Crippen LogP contribution in [-0.2, 0) is 21.7 Å². The number of para-hydroxylation sites is 1. The van der Waals surface area contributed by atoms with E-state index >= 15 is 0 Å². The van der Waals surface area contributed by atoms with Crippen molar-refractivity contribution >= 4 is 28.7 Å². The van der Waals surface area contributed by atoms with Gasteiger partial charge in [-0.15, -0.1) is 0 Å². The number of primary amides is 1. The van der Waals surface area contributed by atoms with Gasteiger partial charge in [0.25, 0.3) is 0 Å². The molecule has 0 aliphatic carbocycles. The van der Waals surface area contributed by atoms with E-state index in [1.807, 2.05) is 0 Å². The molecule has 0 saturated carbocycles. The first-order chi connectivity index (χ1) is 15.1. The number of alkyl halides is 3. The number of aromatic nitrogens is 1. The van der Waals surface area contributed by atoms with Crippen molar-refractivity contribution in [2.75, 3.05) is 26.2 Å². The molecule has 3 aromatic rings. The highest BCUT2D eigenvalue weighted by Crippen LogP contribution is 2.47. The van der Waals surface area contributed by atoms with E-state index < -0.39 is 28.8 Å². The van der Waals surface area contributed by atoms with Crippen LogP contribution in [0.4, 0.5) is 18.9 Å². The van der Waals surface area contributed by atoms with Gasteiger partial charge >= 0.3 is 6.18 Å². The molecule has 0 saturated heterocycles. The summed E-state index contributed by atoms with van der Waals surface area (Å²) in [5.41, 5.74) is 2.28. The maximum atomic E-state index is 14.5. The highest BCUT2D eigenvalue weighted by Gasteiger charge is 2.57. The number of fused-ring (bicyclic) bond motifs is 1. The third-order valence-electron chi connectivity index (χ3n) is 5.06. The molecule has 3 rings (SSSR count). The largest absolute Gasteiger partial charge is 0.425 e. The van der Waals surface area contributed by atoms with Gasteiger partial charge in [0.2, 0.25) is 11.5 Å². The Morgan fingerprint density at radius 2 is 2.00 bits per heavy atom. The molecule has 32 heavy (non-hydrogen) atoms. The highest BCUT2D eigenvalue weighted by atomic mass is 19.4. The summed E-state index contributed by atoms with van der Waals surface area (Å²) < 4.78 is 49.7. The van der Waals surface area contributed by atoms with Gasteiger partial charge in [0, 0.05) is 54.3 Å². The smallest absolute Gasteiger partial charge is 0.372 e. The molecule has 1 amide bonds. The van der Waals surface area contributed by atoms with E-state index in [1.54, 1.807) is 18.2 Å². The number of anilines is 1. The van der Waals surface area contributed by atoms with Crippen molar-refractivity contribution in [3.63, 3.8) is 0 Å². The second kappa shape index (κ2) is 9.01. The minimum Gasteiger partial charge on any atom is -0.372 e. The van der Waals surface area contributed by atoms with Crippen LogP contribution in [0, 0.1) is 0 Å². The molecule has 0 bridgehead atoms. The number of carbonyl (C=O) groups excluding carboxylic acids is 1. The lowest BCUT2D eigenvalue weighted by Crippen LogP contribution is -2.43. The van der Waals surface area contributed by atoms with Crippen molar-refractivity contribution in [2.24, 2.45) is 10.7 Å². The Bertz CT molecular complexity index is 1160. The van der Waals surface area contributed by atoms with E-state index in [2.05, 4.69) is 10.3 Å². The van der Waals surface area contributed by atoms with Crippen LogP contribution in [0.15, 0.2) is 53.7 Å². The van der Waals surface area contributed by atoms with Crippen molar-refractivity contribution < 1.29 is 27.8 Å². The van der Waals surface area contributed by atoms with Crippen LogP contribution >= 0.6 is 0 Å². The summed E-state index contributed by atoms with van der Waals surface area (Å²) in [6.07, 6.45) is -2.57. The summed E-state index contributed by atoms with van der Waals surface area (Å²) in [7, 11) is 2.96. The Hall–Kier alpha value is -3.37. The summed E-state index contributed by atoms with van der Waals surface area (Å²) in [6, 6.07) is 10.0. The van der Waals surface area contributed by atoms with Crippen LogP contribution in [-0.4, -0.2) is 48.9 Å². The molecule has 0 spiro atoms. The van der Waals surface area contributed by atoms with Gasteiger partial charge in [0.05, 0.1) is 0 Å². The standard InChI is InChI=1S/C22H23F3N4O3/c1-27-10-14-9-15(7-8-18(14)28-13-32-2)21(31,22(23,24)25)17-11-29(12-20(26)30)19-6-4-3-5-16(17)19/h3-11,28,31H,12-13H2,1-2H3,(H2,26,30). The van der Waals surface area contributed by atoms with Gasteiger partial charge in [-0.05, 0) is 23.8 Å². The van der Waals surface area contributed by atoms with E-state index in [0.717, 1.165) is 6.20 Å². The zero-order chi connectivity index (χ0) is 23.5. The highest BCUT2D eigenvalue weighted by molar-refractivity contribution is 5.89. The topological polar surface area (TPSA) is 102 Å². The molecule has 0 aliphatic rings. The Morgan fingerprint density at radius 3 is 2.62 bits per heavy atom. The zero-order valence-corrected chi connectivity index (χ0v) is 17.5. The Balaban J connectivity index is 2.28. The van der Waals surface area contributed by atoms with Gasteiger partial charge in [-0.2, -0.15) is 13.2 Å². The molecule has 1 atom stereocenters. The Morgan fingerprint density at radius 1 is 1.28 bits per heavy atom. The molecular weight excluding hydrogens is 425 g/mol. The van der Waals surface area contributed by atoms with Gasteiger partial charge in [-0.3, -0.25) is 9.79 Å². The lowest BCUT2D eigenvalue weighted by Gasteiger charge is -2.31. The van der Waals surface area contributed by atoms with Gasteiger partial charge in [-0.1, -0.05) is 24.3 Å². The number of amides is 1. The van der Waals surface area contributed by atoms with Crippen LogP contribution in [0.3, 0.4) is 0 Å². The zero-order valence-electron chi connectivity index (χ0n) is 17.5. The van der Waals surface area contributed by atoms with Gasteiger partial charge in [0.1, 0.15) is 13.3 Å². The average Bonchev–Trinajstić information content (AvgIpc) is 3.10. The average molecular weight is 448 g/mol. The van der Waals surface area contributed by atoms with Gasteiger partial charge in [0.15, 0.2) is 0 Å². The fraction of sp³-hybridized carbons (Fsp3) is 0.273. The normalized spacial score (nSPS) is 14.1. The number of hydrogen-bond donors (Lipinski definition) is 3. The summed E-state index contributed by atoms with van der Waals surface area (Å²) in [4.78, 5) is 15.4. The van der Waals surface area contributed by atoms with Crippen molar-refractivity contribution in [2.45, 2.75) is 18.3 Å². The molecule has 0 aliphatic heterocycles. The van der Waals surface area contributed by atoms with Crippen molar-refractivity contribution in [1.82, 2.24) is 4.57 Å². The SMILES string of the molecule is CN=Cc1cc(C(O)(c2cn(CC(N)=O)c3ccccc23)C(F)(F)F)ccc1NCOC. The number of methoxy groups -OCH3 is 1. The number of hydrogen-bond acceptors (Lipinski definition) is 5. The van der Waals surface area contributed by atoms with Crippen molar-refractivity contribution in [3.8, 4) is 0 Å². The summed E-state index contributed by atoms with van der Waals surface area (Å²) in [5.74, 6) is -0.720. The Kier molecular flexibility index (Phi) is 6.56.